The molecule has 12 aliphatic rings. The maximum atomic E-state index is 16.7. The zero-order valence-corrected chi connectivity index (χ0v) is 84.7. The molecule has 4 bridgehead atoms. The number of aliphatic imine (C=N–C) groups is 2. The highest BCUT2D eigenvalue weighted by Crippen LogP contribution is 2.62. The van der Waals surface area contributed by atoms with Crippen LogP contribution in [0.15, 0.2) is 132 Å². The molecule has 5 amide bonds. The molecule has 0 unspecified atom stereocenters. The maximum Gasteiger partial charge on any atom is 0.411 e. The Morgan fingerprint density at radius 2 is 0.882 bits per heavy atom. The van der Waals surface area contributed by atoms with E-state index in [9.17, 15) is 60.0 Å². The Hall–Kier alpha value is -12.5. The van der Waals surface area contributed by atoms with E-state index in [-0.39, 0.29) is 155 Å². The SMILES string of the molecule is COC(=O)C[C@@H](C(=O)N1CC2(CC2)C[C@H]1c1ncc(-c2ccc3c(c2)C(F)(F)c2cc(-c4ccc5c(c4)CC([C@@H]4[C@H]6CC[C@H](C6)N4C(=O)OC(C)(C)C)=N5)ccc2-3)[nH]1)C(C)C.COC(=O)C[C@@H](CCS(C)(=O)=O)C(=O)N1[C@@H]2CC[C@@H](C2)[C@H]1C1=Nc2ccc(-c3ccc4c(c3)C(F)(F)c3cc(-c5cnc([C@@H]6CC7(CC7)CN6C(=O)[C@H](CC(=O)OC)C(C)C)[nH]5)ccc3-4)cc2C1.COC(=O)N[C@@H](CCS(C)(=O)=O)C(=O)O. The minimum Gasteiger partial charge on any atom is -0.480 e. The summed E-state index contributed by atoms with van der Waals surface area (Å²) in [5.74, 6) is -10.5. The first-order valence-electron chi connectivity index (χ1n) is 49.6. The normalized spacial score (nSPS) is 22.6. The molecule has 6 aromatic carbocycles. The summed E-state index contributed by atoms with van der Waals surface area (Å²) in [5, 5.41) is 10.7. The van der Waals surface area contributed by atoms with Crippen molar-refractivity contribution in [2.45, 2.75) is 230 Å². The topological polar surface area (TPSA) is 395 Å². The Kier molecular flexibility index (Phi) is 27.4. The van der Waals surface area contributed by atoms with Gasteiger partial charge in [-0.3, -0.25) is 43.7 Å². The van der Waals surface area contributed by atoms with E-state index in [4.69, 9.17) is 44.0 Å². The van der Waals surface area contributed by atoms with Crippen molar-refractivity contribution in [1.29, 1.82) is 0 Å². The number of carboxylic acid groups (broad SMARTS) is 1. The van der Waals surface area contributed by atoms with Gasteiger partial charge in [-0.05, 0) is 249 Å². The number of hydrogen-bond donors (Lipinski definition) is 4. The number of piperidine rings is 2. The largest absolute Gasteiger partial charge is 0.480 e. The van der Waals surface area contributed by atoms with Gasteiger partial charge in [-0.1, -0.05) is 88.4 Å². The number of amides is 5. The number of sulfone groups is 2. The van der Waals surface area contributed by atoms with Crippen LogP contribution in [0.3, 0.4) is 0 Å². The van der Waals surface area contributed by atoms with Crippen molar-refractivity contribution in [3.8, 4) is 67.0 Å². The lowest BCUT2D eigenvalue weighted by Crippen LogP contribution is -2.51. The number of aromatic nitrogens is 4. The number of nitrogens with one attached hydrogen (secondary N) is 3. The predicted octanol–water partition coefficient (Wildman–Crippen LogP) is 17.8. The van der Waals surface area contributed by atoms with E-state index < -0.39 is 90.9 Å². The van der Waals surface area contributed by atoms with Gasteiger partial charge in [-0.25, -0.2) is 41.2 Å². The molecule has 2 spiro atoms. The summed E-state index contributed by atoms with van der Waals surface area (Å²) in [6.45, 7) is 14.6. The Morgan fingerprint density at radius 3 is 1.27 bits per heavy atom. The van der Waals surface area contributed by atoms with Crippen LogP contribution in [0.1, 0.15) is 215 Å². The van der Waals surface area contributed by atoms with Gasteiger partial charge in [0.15, 0.2) is 0 Å². The number of hydrogen-bond acceptors (Lipinski definition) is 22. The molecule has 0 radical (unpaired) electrons. The Labute approximate surface area is 834 Å². The number of carboxylic acids is 1. The average molecular weight is 2020 g/mol. The zero-order chi connectivity index (χ0) is 103. The minimum atomic E-state index is -3.38. The Morgan fingerprint density at radius 1 is 0.500 bits per heavy atom. The number of carbonyl (C=O) groups is 9. The average Bonchev–Trinajstić information content (AvgIpc) is 1.56. The van der Waals surface area contributed by atoms with Crippen molar-refractivity contribution < 1.29 is 106 Å². The third-order valence-electron chi connectivity index (χ3n) is 31.6. The minimum absolute atomic E-state index is 0.00390. The maximum absolute atomic E-state index is 16.7. The highest BCUT2D eigenvalue weighted by molar-refractivity contribution is 7.90. The van der Waals surface area contributed by atoms with Crippen LogP contribution < -0.4 is 5.32 Å². The fraction of sp³-hybridized carbons (Fsp3) is 0.509. The van der Waals surface area contributed by atoms with E-state index in [2.05, 4.69) is 20.8 Å². The van der Waals surface area contributed by atoms with Crippen LogP contribution in [0.4, 0.5) is 38.5 Å². The third-order valence-corrected chi connectivity index (χ3v) is 33.6. The second-order valence-corrected chi connectivity index (χ2v) is 47.8. The number of imidazole rings is 2. The molecule has 30 nitrogen and oxygen atoms in total. The second kappa shape index (κ2) is 38.8. The number of H-pyrrole nitrogens is 2. The summed E-state index contributed by atoms with van der Waals surface area (Å²) in [4.78, 5) is 148. The lowest BCUT2D eigenvalue weighted by molar-refractivity contribution is -0.148. The van der Waals surface area contributed by atoms with E-state index in [1.807, 2.05) is 128 Å². The summed E-state index contributed by atoms with van der Waals surface area (Å²) in [6, 6.07) is 30.3. The number of aromatic amines is 2. The highest BCUT2D eigenvalue weighted by atomic mass is 32.2. The summed E-state index contributed by atoms with van der Waals surface area (Å²) in [5.41, 5.74) is 11.8. The van der Waals surface area contributed by atoms with E-state index in [1.165, 1.54) is 27.4 Å². The smallest absolute Gasteiger partial charge is 0.411 e. The second-order valence-electron chi connectivity index (χ2n) is 43.3. The molecule has 764 valence electrons. The molecular formula is C108H123F4N11O19S2. The molecule has 2 aromatic heterocycles. The van der Waals surface area contributed by atoms with Crippen molar-refractivity contribution in [3.63, 3.8) is 0 Å². The monoisotopic (exact) mass is 2020 g/mol. The number of nitrogens with zero attached hydrogens (tertiary/aromatic N) is 8. The number of benzene rings is 6. The van der Waals surface area contributed by atoms with Crippen LogP contribution >= 0.6 is 0 Å². The number of likely N-dealkylation sites (tertiary alicyclic amines) is 4. The first-order valence-corrected chi connectivity index (χ1v) is 53.7. The number of methoxy groups -OCH3 is 4. The molecule has 4 saturated carbocycles. The van der Waals surface area contributed by atoms with Gasteiger partial charge in [-0.2, -0.15) is 17.6 Å². The zero-order valence-electron chi connectivity index (χ0n) is 83.1. The fourth-order valence-electron chi connectivity index (χ4n) is 23.6. The first kappa shape index (κ1) is 102. The van der Waals surface area contributed by atoms with Crippen LogP contribution in [0.25, 0.3) is 67.0 Å². The number of ether oxygens (including phenoxy) is 5. The number of alkyl carbamates (subject to hydrolysis) is 1. The van der Waals surface area contributed by atoms with E-state index in [0.29, 0.717) is 99.4 Å². The van der Waals surface area contributed by atoms with Gasteiger partial charge >= 0.3 is 36.1 Å². The molecular weight excluding hydrogens is 1900 g/mol. The molecule has 6 aliphatic carbocycles. The summed E-state index contributed by atoms with van der Waals surface area (Å²) < 4.78 is 137. The molecule has 6 aliphatic heterocycles. The fourth-order valence-corrected chi connectivity index (χ4v) is 25.0. The molecule has 12 atom stereocenters. The Bertz CT molecular complexity index is 6820. The van der Waals surface area contributed by atoms with Crippen molar-refractivity contribution in [1.82, 2.24) is 44.9 Å². The number of aliphatic carboxylic acids is 1. The molecule has 144 heavy (non-hydrogen) atoms. The third kappa shape index (κ3) is 20.3. The van der Waals surface area contributed by atoms with Gasteiger partial charge in [0.1, 0.15) is 43.0 Å². The van der Waals surface area contributed by atoms with Crippen molar-refractivity contribution >= 4 is 96.3 Å². The first-order chi connectivity index (χ1) is 68.1. The lowest BCUT2D eigenvalue weighted by atomic mass is 9.90. The Balaban J connectivity index is 0.000000167. The standard InChI is InChI=1S/C52H57F2N5O8S.C49H53F2N5O5.C7H13NO6S/c1-28(2)38(24-46(61)67-4)50(63)58-27-51(15-16-51)25-44(58)48-55-26-43(57-48)31-8-12-37-36-11-7-30(20-39(36)52(53,54)40(37)21-31)29-9-13-41-34(18-29)22-42(56-41)47-32-6-10-35(19-32)59(47)49(62)33(23-45(60)66-3)14-17-68(5,64)65;1-26(2)35(22-42(57)60-6)45(58)55-25-48(15-16-48)23-41(55)44-52-24-40(54-44)29-9-13-34-33-12-8-28(19-36(33)49(50,51)37(34)20-29)27-10-14-38-31(17-27)21-39(53-38)43-30-7-11-32(18-30)56(43)46(59)61-47(3,4)5;1-14-7(11)8-5(6(9)10)3-4-15(2,12)13/h7-9,11-13,18,20-21,26,28,32-33,35,38,44,47H,6,10,14-17,19,22-25,27H2,1-5H3,(H,55,57);8-10,12-14,17,19-20,24,26,30,32,35,41,43H,7,11,15-16,18,21-23,25H2,1-6H3,(H,52,54);5H,3-4H2,1-2H3,(H,8,11)(H,9,10)/t32-,33+,35+,38+,44-,47-;30-,32+,35+,41-,43-;5-/m000/s1. The van der Waals surface area contributed by atoms with Gasteiger partial charge in [0, 0.05) is 101 Å². The number of carbonyl (C=O) groups excluding carboxylic acids is 8. The number of halogens is 4. The quantitative estimate of drug-likeness (QED) is 0.0211. The van der Waals surface area contributed by atoms with E-state index in [1.54, 1.807) is 54.9 Å². The number of rotatable bonds is 27. The molecule has 20 rings (SSSR count). The summed E-state index contributed by atoms with van der Waals surface area (Å²) in [6.07, 6.45) is 16.1. The summed E-state index contributed by atoms with van der Waals surface area (Å²) in [7, 11) is -1.64. The molecule has 8 aromatic rings. The van der Waals surface area contributed by atoms with E-state index >= 15 is 17.6 Å². The van der Waals surface area contributed by atoms with Crippen LogP contribution in [-0.4, -0.2) is 228 Å². The number of esters is 3. The van der Waals surface area contributed by atoms with Crippen LogP contribution in [-0.2, 0) is 102 Å². The van der Waals surface area contributed by atoms with Crippen molar-refractivity contribution in [2.24, 2.45) is 62.2 Å². The molecule has 4 saturated heterocycles. The van der Waals surface area contributed by atoms with Gasteiger partial charge in [0.25, 0.3) is 11.8 Å². The molecule has 36 heteroatoms. The van der Waals surface area contributed by atoms with Gasteiger partial charge in [0.2, 0.25) is 17.7 Å². The van der Waals surface area contributed by atoms with Crippen molar-refractivity contribution in [2.75, 3.05) is 65.5 Å². The molecule has 4 N–H and O–H groups in total. The van der Waals surface area contributed by atoms with Gasteiger partial charge < -0.3 is 58.8 Å². The lowest BCUT2D eigenvalue weighted by Gasteiger charge is -2.37. The molecule has 8 fully saturated rings. The molecule has 8 heterocycles. The highest BCUT2D eigenvalue weighted by Gasteiger charge is 2.59. The number of fused-ring (bicyclic) bond motifs is 12. The van der Waals surface area contributed by atoms with Gasteiger partial charge in [-0.15, -0.1) is 0 Å². The van der Waals surface area contributed by atoms with Crippen LogP contribution in [0.5, 0.6) is 0 Å². The van der Waals surface area contributed by atoms with E-state index in [0.717, 1.165) is 142 Å². The van der Waals surface area contributed by atoms with Crippen LogP contribution in [0.2, 0.25) is 0 Å². The van der Waals surface area contributed by atoms with Crippen LogP contribution in [0, 0.1) is 52.3 Å². The van der Waals surface area contributed by atoms with Gasteiger partial charge in [0.05, 0.1) is 130 Å². The van der Waals surface area contributed by atoms with Crippen molar-refractivity contribution in [3.05, 3.63) is 167 Å². The predicted molar refractivity (Wildman–Crippen MR) is 529 cm³/mol. The number of alkyl halides is 4. The summed E-state index contributed by atoms with van der Waals surface area (Å²) >= 11 is 0.